The second-order valence-corrected chi connectivity index (χ2v) is 4.05. The van der Waals surface area contributed by atoms with Crippen molar-refractivity contribution in [1.82, 2.24) is 9.97 Å². The second kappa shape index (κ2) is 4.40. The number of esters is 1. The number of pyridine rings is 1. The van der Waals surface area contributed by atoms with Crippen LogP contribution >= 0.6 is 11.3 Å². The minimum atomic E-state index is -0.421. The van der Waals surface area contributed by atoms with Gasteiger partial charge in [0, 0.05) is 11.1 Å². The van der Waals surface area contributed by atoms with E-state index in [1.165, 1.54) is 18.4 Å². The van der Waals surface area contributed by atoms with Gasteiger partial charge in [0.05, 0.1) is 12.8 Å². The summed E-state index contributed by atoms with van der Waals surface area (Å²) in [6.07, 6.45) is 0. The highest BCUT2D eigenvalue weighted by Crippen LogP contribution is 2.22. The van der Waals surface area contributed by atoms with Gasteiger partial charge in [-0.15, -0.1) is 11.3 Å². The number of hydrogen-bond donors (Lipinski definition) is 0. The first-order valence-corrected chi connectivity index (χ1v) is 5.56. The second-order valence-electron chi connectivity index (χ2n) is 3.19. The molecule has 0 aliphatic heterocycles. The monoisotopic (exact) mass is 234 g/mol. The average molecular weight is 234 g/mol. The summed E-state index contributed by atoms with van der Waals surface area (Å²) in [7, 11) is 1.34. The maximum atomic E-state index is 11.2. The number of rotatable bonds is 2. The van der Waals surface area contributed by atoms with Gasteiger partial charge in [0.25, 0.3) is 0 Å². The summed E-state index contributed by atoms with van der Waals surface area (Å²) in [4.78, 5) is 19.7. The van der Waals surface area contributed by atoms with E-state index < -0.39 is 5.97 Å². The minimum absolute atomic E-state index is 0.325. The summed E-state index contributed by atoms with van der Waals surface area (Å²) in [5.41, 5.74) is 2.03. The molecule has 0 atom stereocenters. The molecule has 4 nitrogen and oxygen atoms in total. The third-order valence-corrected chi connectivity index (χ3v) is 2.87. The largest absolute Gasteiger partial charge is 0.464 e. The molecule has 0 fully saturated rings. The number of methoxy groups -OCH3 is 1. The molecule has 2 aromatic heterocycles. The Labute approximate surface area is 96.9 Å². The topological polar surface area (TPSA) is 52.1 Å². The molecule has 0 radical (unpaired) electrons. The maximum absolute atomic E-state index is 11.2. The molecule has 2 heterocycles. The number of carbonyl (C=O) groups is 1. The molecule has 5 heteroatoms. The van der Waals surface area contributed by atoms with Gasteiger partial charge in [-0.2, -0.15) is 0 Å². The summed E-state index contributed by atoms with van der Waals surface area (Å²) < 4.78 is 4.59. The Kier molecular flexibility index (Phi) is 2.96. The van der Waals surface area contributed by atoms with E-state index in [9.17, 15) is 4.79 Å². The number of nitrogens with zero attached hydrogens (tertiary/aromatic N) is 2. The molecule has 0 amide bonds. The van der Waals surface area contributed by atoms with Crippen molar-refractivity contribution in [3.05, 3.63) is 35.0 Å². The first-order chi connectivity index (χ1) is 7.70. The van der Waals surface area contributed by atoms with Crippen molar-refractivity contribution in [2.45, 2.75) is 6.92 Å². The van der Waals surface area contributed by atoms with Crippen molar-refractivity contribution >= 4 is 17.3 Å². The molecule has 0 saturated carbocycles. The molecular formula is C11H10N2O2S. The third-order valence-electron chi connectivity index (χ3n) is 2.01. The fourth-order valence-corrected chi connectivity index (χ4v) is 2.01. The van der Waals surface area contributed by atoms with Crippen LogP contribution in [0.2, 0.25) is 0 Å². The number of carbonyl (C=O) groups excluding carboxylic acids is 1. The lowest BCUT2D eigenvalue weighted by Crippen LogP contribution is -2.01. The number of aromatic nitrogens is 2. The van der Waals surface area contributed by atoms with Gasteiger partial charge in [-0.05, 0) is 19.1 Å². The summed E-state index contributed by atoms with van der Waals surface area (Å²) in [5.74, 6) is -0.421. The molecule has 82 valence electrons. The Morgan fingerprint density at radius 2 is 2.19 bits per heavy atom. The predicted octanol–water partition coefficient (Wildman–Crippen LogP) is 2.30. The van der Waals surface area contributed by atoms with Gasteiger partial charge in [0.15, 0.2) is 5.69 Å². The van der Waals surface area contributed by atoms with Crippen LogP contribution < -0.4 is 0 Å². The Hall–Kier alpha value is -1.75. The zero-order valence-corrected chi connectivity index (χ0v) is 9.75. The van der Waals surface area contributed by atoms with E-state index in [4.69, 9.17) is 0 Å². The van der Waals surface area contributed by atoms with Gasteiger partial charge in [0.2, 0.25) is 0 Å². The van der Waals surface area contributed by atoms with E-state index in [1.54, 1.807) is 5.38 Å². The highest BCUT2D eigenvalue weighted by Gasteiger charge is 2.12. The van der Waals surface area contributed by atoms with Gasteiger partial charge in [-0.1, -0.05) is 6.07 Å². The molecule has 0 saturated heterocycles. The number of thiazole rings is 1. The molecule has 0 aliphatic carbocycles. The van der Waals surface area contributed by atoms with Crippen LogP contribution in [-0.4, -0.2) is 23.0 Å². The van der Waals surface area contributed by atoms with Crippen LogP contribution in [0.4, 0.5) is 0 Å². The van der Waals surface area contributed by atoms with Gasteiger partial charge in [-0.3, -0.25) is 4.98 Å². The number of ether oxygens (including phenoxy) is 1. The minimum Gasteiger partial charge on any atom is -0.464 e. The van der Waals surface area contributed by atoms with Gasteiger partial charge in [0.1, 0.15) is 5.01 Å². The molecule has 0 spiro atoms. The average Bonchev–Trinajstić information content (AvgIpc) is 2.77. The van der Waals surface area contributed by atoms with E-state index in [0.29, 0.717) is 5.69 Å². The highest BCUT2D eigenvalue weighted by atomic mass is 32.1. The molecule has 0 aromatic carbocycles. The molecule has 0 bridgehead atoms. The van der Waals surface area contributed by atoms with Gasteiger partial charge < -0.3 is 4.74 Å². The fourth-order valence-electron chi connectivity index (χ4n) is 1.25. The SMILES string of the molecule is COC(=O)c1csc(-c2cccc(C)n2)n1. The molecule has 2 rings (SSSR count). The first kappa shape index (κ1) is 10.8. The van der Waals surface area contributed by atoms with E-state index in [1.807, 2.05) is 25.1 Å². The Balaban J connectivity index is 2.35. The molecular weight excluding hydrogens is 224 g/mol. The van der Waals surface area contributed by atoms with Crippen molar-refractivity contribution in [3.63, 3.8) is 0 Å². The van der Waals surface area contributed by atoms with Crippen LogP contribution in [0.1, 0.15) is 16.2 Å². The summed E-state index contributed by atoms with van der Waals surface area (Å²) in [5, 5.41) is 2.40. The molecule has 2 aromatic rings. The van der Waals surface area contributed by atoms with E-state index in [2.05, 4.69) is 14.7 Å². The van der Waals surface area contributed by atoms with Crippen LogP contribution in [0.3, 0.4) is 0 Å². The highest BCUT2D eigenvalue weighted by molar-refractivity contribution is 7.13. The van der Waals surface area contributed by atoms with Crippen LogP contribution in [0.5, 0.6) is 0 Å². The summed E-state index contributed by atoms with van der Waals surface area (Å²) in [6.45, 7) is 1.92. The third kappa shape index (κ3) is 2.09. The smallest absolute Gasteiger partial charge is 0.357 e. The standard InChI is InChI=1S/C11H10N2O2S/c1-7-4-3-5-8(12-7)10-13-9(6-16-10)11(14)15-2/h3-6H,1-2H3. The first-order valence-electron chi connectivity index (χ1n) is 4.68. The lowest BCUT2D eigenvalue weighted by molar-refractivity contribution is 0.0595. The van der Waals surface area contributed by atoms with Crippen molar-refractivity contribution < 1.29 is 9.53 Å². The van der Waals surface area contributed by atoms with Gasteiger partial charge in [-0.25, -0.2) is 9.78 Å². The van der Waals surface area contributed by atoms with Gasteiger partial charge >= 0.3 is 5.97 Å². The lowest BCUT2D eigenvalue weighted by atomic mass is 10.3. The zero-order chi connectivity index (χ0) is 11.5. The van der Waals surface area contributed by atoms with Crippen molar-refractivity contribution in [3.8, 4) is 10.7 Å². The summed E-state index contributed by atoms with van der Waals surface area (Å²) >= 11 is 1.38. The molecule has 16 heavy (non-hydrogen) atoms. The van der Waals surface area contributed by atoms with Crippen LogP contribution in [-0.2, 0) is 4.74 Å². The van der Waals surface area contributed by atoms with E-state index >= 15 is 0 Å². The lowest BCUT2D eigenvalue weighted by Gasteiger charge is -1.96. The van der Waals surface area contributed by atoms with Crippen LogP contribution in [0, 0.1) is 6.92 Å². The Bertz CT molecular complexity index is 522. The van der Waals surface area contributed by atoms with Crippen LogP contribution in [0.25, 0.3) is 10.7 Å². The zero-order valence-electron chi connectivity index (χ0n) is 8.93. The van der Waals surface area contributed by atoms with Crippen molar-refractivity contribution in [1.29, 1.82) is 0 Å². The molecule has 0 N–H and O–H groups in total. The normalized spacial score (nSPS) is 10.1. The number of aryl methyl sites for hydroxylation is 1. The Morgan fingerprint density at radius 1 is 1.38 bits per heavy atom. The van der Waals surface area contributed by atoms with Crippen molar-refractivity contribution in [2.24, 2.45) is 0 Å². The number of hydrogen-bond acceptors (Lipinski definition) is 5. The fraction of sp³-hybridized carbons (Fsp3) is 0.182. The summed E-state index contributed by atoms with van der Waals surface area (Å²) in [6, 6.07) is 5.70. The maximum Gasteiger partial charge on any atom is 0.357 e. The quantitative estimate of drug-likeness (QED) is 0.748. The molecule has 0 aliphatic rings. The van der Waals surface area contributed by atoms with Crippen LogP contribution in [0.15, 0.2) is 23.6 Å². The molecule has 0 unspecified atom stereocenters. The predicted molar refractivity (Wildman–Crippen MR) is 61.4 cm³/mol. The van der Waals surface area contributed by atoms with E-state index in [0.717, 1.165) is 16.4 Å². The van der Waals surface area contributed by atoms with E-state index in [-0.39, 0.29) is 0 Å². The Morgan fingerprint density at radius 3 is 2.88 bits per heavy atom. The van der Waals surface area contributed by atoms with Crippen molar-refractivity contribution in [2.75, 3.05) is 7.11 Å².